The molecule has 0 atom stereocenters. The molecule has 0 saturated heterocycles. The number of nitrogens with one attached hydrogen (secondary N) is 1. The number of benzene rings is 1. The number of aryl methyl sites for hydroxylation is 1. The third-order valence-electron chi connectivity index (χ3n) is 3.35. The van der Waals surface area contributed by atoms with E-state index in [2.05, 4.69) is 38.2 Å². The molecule has 2 aromatic rings. The van der Waals surface area contributed by atoms with E-state index >= 15 is 0 Å². The number of rotatable bonds is 6. The Morgan fingerprint density at radius 1 is 1.32 bits per heavy atom. The van der Waals surface area contributed by atoms with Crippen LogP contribution in [0, 0.1) is 0 Å². The van der Waals surface area contributed by atoms with E-state index in [1.807, 2.05) is 6.26 Å². The van der Waals surface area contributed by atoms with Gasteiger partial charge >= 0.3 is 0 Å². The molecule has 0 radical (unpaired) electrons. The Balaban J connectivity index is 2.29. The zero-order chi connectivity index (χ0) is 13.8. The molecule has 0 saturated carbocycles. The van der Waals surface area contributed by atoms with Crippen molar-refractivity contribution in [2.75, 3.05) is 13.7 Å². The van der Waals surface area contributed by atoms with Crippen LogP contribution < -0.4 is 10.1 Å². The molecule has 0 unspecified atom stereocenters. The van der Waals surface area contributed by atoms with E-state index in [0.29, 0.717) is 6.04 Å². The molecular weight excluding hydrogens is 238 g/mol. The first-order valence-electron chi connectivity index (χ1n) is 6.96. The molecule has 0 spiro atoms. The highest BCUT2D eigenvalue weighted by atomic mass is 16.5. The zero-order valence-electron chi connectivity index (χ0n) is 12.2. The molecule has 2 rings (SSSR count). The summed E-state index contributed by atoms with van der Waals surface area (Å²) in [5.41, 5.74) is 3.39. The third kappa shape index (κ3) is 3.10. The van der Waals surface area contributed by atoms with Crippen LogP contribution in [0.4, 0.5) is 0 Å². The number of hydrogen-bond acceptors (Lipinski definition) is 3. The third-order valence-corrected chi connectivity index (χ3v) is 3.35. The van der Waals surface area contributed by atoms with Gasteiger partial charge in [-0.15, -0.1) is 0 Å². The van der Waals surface area contributed by atoms with Gasteiger partial charge in [-0.05, 0) is 42.6 Å². The maximum Gasteiger partial charge on any atom is 0.175 e. The summed E-state index contributed by atoms with van der Waals surface area (Å²) in [6.45, 7) is 7.43. The van der Waals surface area contributed by atoms with E-state index in [-0.39, 0.29) is 0 Å². The molecule has 0 aliphatic heterocycles. The van der Waals surface area contributed by atoms with Crippen molar-refractivity contribution >= 4 is 11.0 Å². The second-order valence-electron chi connectivity index (χ2n) is 5.15. The standard InChI is InChI=1S/C16H23NO2/c1-5-12-8-14-13(6-7-17-11(2)3)10-19-16(14)15(9-12)18-4/h8-11,17H,5-7H2,1-4H3. The monoisotopic (exact) mass is 261 g/mol. The highest BCUT2D eigenvalue weighted by molar-refractivity contribution is 5.87. The molecule has 3 nitrogen and oxygen atoms in total. The number of fused-ring (bicyclic) bond motifs is 1. The van der Waals surface area contributed by atoms with Crippen LogP contribution in [0.25, 0.3) is 11.0 Å². The number of hydrogen-bond donors (Lipinski definition) is 1. The fraction of sp³-hybridized carbons (Fsp3) is 0.500. The van der Waals surface area contributed by atoms with Crippen LogP contribution in [0.15, 0.2) is 22.8 Å². The minimum absolute atomic E-state index is 0.513. The Morgan fingerprint density at radius 2 is 2.11 bits per heavy atom. The Morgan fingerprint density at radius 3 is 2.74 bits per heavy atom. The molecule has 1 aromatic heterocycles. The van der Waals surface area contributed by atoms with Crippen molar-refractivity contribution in [2.24, 2.45) is 0 Å². The van der Waals surface area contributed by atoms with E-state index in [9.17, 15) is 0 Å². The molecule has 1 N–H and O–H groups in total. The number of ether oxygens (including phenoxy) is 1. The van der Waals surface area contributed by atoms with Gasteiger partial charge in [-0.1, -0.05) is 20.8 Å². The summed E-state index contributed by atoms with van der Waals surface area (Å²) >= 11 is 0. The van der Waals surface area contributed by atoms with E-state index in [0.717, 1.165) is 30.7 Å². The Labute approximate surface area is 114 Å². The molecule has 104 valence electrons. The summed E-state index contributed by atoms with van der Waals surface area (Å²) in [6.07, 6.45) is 3.83. The van der Waals surface area contributed by atoms with E-state index < -0.39 is 0 Å². The van der Waals surface area contributed by atoms with Crippen molar-refractivity contribution in [1.29, 1.82) is 0 Å². The lowest BCUT2D eigenvalue weighted by Gasteiger charge is -2.07. The van der Waals surface area contributed by atoms with Gasteiger partial charge in [0.15, 0.2) is 11.3 Å². The van der Waals surface area contributed by atoms with Gasteiger partial charge in [-0.2, -0.15) is 0 Å². The highest BCUT2D eigenvalue weighted by Crippen LogP contribution is 2.31. The fourth-order valence-corrected chi connectivity index (χ4v) is 2.26. The minimum atomic E-state index is 0.513. The van der Waals surface area contributed by atoms with Crippen molar-refractivity contribution < 1.29 is 9.15 Å². The average molecular weight is 261 g/mol. The predicted molar refractivity (Wildman–Crippen MR) is 79.0 cm³/mol. The maximum atomic E-state index is 5.68. The summed E-state index contributed by atoms with van der Waals surface area (Å²) in [5.74, 6) is 0.831. The van der Waals surface area contributed by atoms with Crippen LogP contribution in [0.1, 0.15) is 31.9 Å². The predicted octanol–water partition coefficient (Wildman–Crippen LogP) is 3.54. The normalized spacial score (nSPS) is 11.4. The summed E-state index contributed by atoms with van der Waals surface area (Å²) < 4.78 is 11.1. The SMILES string of the molecule is CCc1cc(OC)c2occ(CCNC(C)C)c2c1. The van der Waals surface area contributed by atoms with Gasteiger partial charge in [0.2, 0.25) is 0 Å². The minimum Gasteiger partial charge on any atom is -0.493 e. The second-order valence-corrected chi connectivity index (χ2v) is 5.15. The van der Waals surface area contributed by atoms with Gasteiger partial charge in [-0.25, -0.2) is 0 Å². The van der Waals surface area contributed by atoms with Crippen molar-refractivity contribution in [3.8, 4) is 5.75 Å². The van der Waals surface area contributed by atoms with Crippen molar-refractivity contribution in [3.05, 3.63) is 29.5 Å². The number of methoxy groups -OCH3 is 1. The molecule has 19 heavy (non-hydrogen) atoms. The molecular formula is C16H23NO2. The van der Waals surface area contributed by atoms with Gasteiger partial charge in [0.25, 0.3) is 0 Å². The van der Waals surface area contributed by atoms with Gasteiger partial charge in [0.1, 0.15) is 0 Å². The summed E-state index contributed by atoms with van der Waals surface area (Å²) in [7, 11) is 1.69. The quantitative estimate of drug-likeness (QED) is 0.863. The second kappa shape index (κ2) is 6.11. The lowest BCUT2D eigenvalue weighted by Crippen LogP contribution is -2.24. The van der Waals surface area contributed by atoms with Crippen LogP contribution in [-0.4, -0.2) is 19.7 Å². The highest BCUT2D eigenvalue weighted by Gasteiger charge is 2.12. The topological polar surface area (TPSA) is 34.4 Å². The van der Waals surface area contributed by atoms with Gasteiger partial charge < -0.3 is 14.5 Å². The van der Waals surface area contributed by atoms with Crippen molar-refractivity contribution in [3.63, 3.8) is 0 Å². The molecule has 0 amide bonds. The van der Waals surface area contributed by atoms with Crippen molar-refractivity contribution in [1.82, 2.24) is 5.32 Å². The summed E-state index contributed by atoms with van der Waals surface area (Å²) in [4.78, 5) is 0. The number of furan rings is 1. The Bertz CT molecular complexity index is 543. The van der Waals surface area contributed by atoms with Gasteiger partial charge in [0.05, 0.1) is 13.4 Å². The molecule has 0 fully saturated rings. The first kappa shape index (κ1) is 13.9. The van der Waals surface area contributed by atoms with E-state index in [4.69, 9.17) is 9.15 Å². The first-order chi connectivity index (χ1) is 9.15. The molecule has 0 aliphatic carbocycles. The summed E-state index contributed by atoms with van der Waals surface area (Å²) in [5, 5.41) is 4.61. The largest absolute Gasteiger partial charge is 0.493 e. The lowest BCUT2D eigenvalue weighted by molar-refractivity contribution is 0.409. The van der Waals surface area contributed by atoms with Crippen LogP contribution in [0.2, 0.25) is 0 Å². The van der Waals surface area contributed by atoms with Crippen LogP contribution in [-0.2, 0) is 12.8 Å². The summed E-state index contributed by atoms with van der Waals surface area (Å²) in [6, 6.07) is 4.78. The van der Waals surface area contributed by atoms with E-state index in [1.165, 1.54) is 16.5 Å². The van der Waals surface area contributed by atoms with Gasteiger partial charge in [-0.3, -0.25) is 0 Å². The van der Waals surface area contributed by atoms with Crippen molar-refractivity contribution in [2.45, 2.75) is 39.7 Å². The zero-order valence-corrected chi connectivity index (χ0v) is 12.2. The average Bonchev–Trinajstić information content (AvgIpc) is 2.80. The van der Waals surface area contributed by atoms with E-state index in [1.54, 1.807) is 7.11 Å². The van der Waals surface area contributed by atoms with Gasteiger partial charge in [0, 0.05) is 11.4 Å². The lowest BCUT2D eigenvalue weighted by atomic mass is 10.1. The fourth-order valence-electron chi connectivity index (χ4n) is 2.26. The molecule has 1 aromatic carbocycles. The molecule has 3 heteroatoms. The van der Waals surface area contributed by atoms with Crippen LogP contribution in [0.5, 0.6) is 5.75 Å². The van der Waals surface area contributed by atoms with Crippen LogP contribution >= 0.6 is 0 Å². The first-order valence-corrected chi connectivity index (χ1v) is 6.96. The smallest absolute Gasteiger partial charge is 0.175 e. The molecule has 0 bridgehead atoms. The Kier molecular flexibility index (Phi) is 4.48. The maximum absolute atomic E-state index is 5.68. The molecule has 0 aliphatic rings. The molecule has 1 heterocycles. The Hall–Kier alpha value is -1.48. The van der Waals surface area contributed by atoms with Crippen LogP contribution in [0.3, 0.4) is 0 Å².